The molecule has 4 nitrogen and oxygen atoms in total. The second-order valence-corrected chi connectivity index (χ2v) is 7.96. The number of aryl methyl sites for hydroxylation is 2. The van der Waals surface area contributed by atoms with Crippen LogP contribution in [0.25, 0.3) is 11.5 Å². The number of benzene rings is 2. The first-order valence-electron chi connectivity index (χ1n) is 10.4. The molecule has 0 radical (unpaired) electrons. The topological polar surface area (TPSA) is 36.9 Å². The maximum atomic E-state index is 5.85. The lowest BCUT2D eigenvalue weighted by Crippen LogP contribution is -2.07. The minimum Gasteiger partial charge on any atom is -0.497 e. The van der Waals surface area contributed by atoms with Crippen LogP contribution in [0.5, 0.6) is 0 Å². The van der Waals surface area contributed by atoms with E-state index in [9.17, 15) is 0 Å². The van der Waals surface area contributed by atoms with Crippen LogP contribution in [-0.2, 0) is 18.9 Å². The molecule has 0 fully saturated rings. The molecular formula is C26H30O4. The van der Waals surface area contributed by atoms with Gasteiger partial charge >= 0.3 is 0 Å². The number of allylic oxidation sites excluding steroid dienone is 2. The van der Waals surface area contributed by atoms with Gasteiger partial charge < -0.3 is 18.9 Å². The van der Waals surface area contributed by atoms with Crippen molar-refractivity contribution < 1.29 is 18.9 Å². The molecule has 158 valence electrons. The standard InChI is InChI=1S/C26H30O4/c1-15-9-7-11-17-19(23(27-3)25(29-5)21(15)17)13-14-20-18-12-8-10-16(2)22(18)26(30-6)24(20)28-4/h7-12,19-20H,13-14H2,1-6H3. The molecule has 0 saturated carbocycles. The molecule has 2 aliphatic carbocycles. The van der Waals surface area contributed by atoms with Crippen molar-refractivity contribution >= 4 is 11.5 Å². The predicted octanol–water partition coefficient (Wildman–Crippen LogP) is 5.90. The second-order valence-electron chi connectivity index (χ2n) is 7.96. The third-order valence-corrected chi connectivity index (χ3v) is 6.49. The normalized spacial score (nSPS) is 19.7. The number of methoxy groups -OCH3 is 4. The molecule has 0 heterocycles. The Labute approximate surface area is 179 Å². The van der Waals surface area contributed by atoms with Gasteiger partial charge in [-0.1, -0.05) is 36.4 Å². The Morgan fingerprint density at radius 1 is 0.600 bits per heavy atom. The molecule has 4 heteroatoms. The molecule has 2 aliphatic rings. The molecule has 2 atom stereocenters. The summed E-state index contributed by atoms with van der Waals surface area (Å²) < 4.78 is 23.2. The zero-order chi connectivity index (χ0) is 21.4. The molecular weight excluding hydrogens is 376 g/mol. The summed E-state index contributed by atoms with van der Waals surface area (Å²) in [6.45, 7) is 4.25. The van der Waals surface area contributed by atoms with Crippen LogP contribution < -0.4 is 0 Å². The van der Waals surface area contributed by atoms with Crippen LogP contribution in [0.3, 0.4) is 0 Å². The van der Waals surface area contributed by atoms with Crippen LogP contribution in [-0.4, -0.2) is 28.4 Å². The van der Waals surface area contributed by atoms with Crippen molar-refractivity contribution in [3.63, 3.8) is 0 Å². The summed E-state index contributed by atoms with van der Waals surface area (Å²) >= 11 is 0. The van der Waals surface area contributed by atoms with E-state index in [-0.39, 0.29) is 11.8 Å². The van der Waals surface area contributed by atoms with Crippen molar-refractivity contribution in [1.29, 1.82) is 0 Å². The predicted molar refractivity (Wildman–Crippen MR) is 119 cm³/mol. The van der Waals surface area contributed by atoms with E-state index in [1.807, 2.05) is 0 Å². The highest BCUT2D eigenvalue weighted by Crippen LogP contribution is 2.50. The van der Waals surface area contributed by atoms with Crippen LogP contribution in [0, 0.1) is 13.8 Å². The van der Waals surface area contributed by atoms with Gasteiger partial charge in [-0.05, 0) is 48.9 Å². The van der Waals surface area contributed by atoms with E-state index >= 15 is 0 Å². The van der Waals surface area contributed by atoms with E-state index in [0.717, 1.165) is 35.9 Å². The Bertz CT molecular complexity index is 948. The van der Waals surface area contributed by atoms with Crippen molar-refractivity contribution in [3.8, 4) is 0 Å². The van der Waals surface area contributed by atoms with Crippen LogP contribution in [0.1, 0.15) is 58.1 Å². The summed E-state index contributed by atoms with van der Waals surface area (Å²) in [5, 5.41) is 0. The minimum absolute atomic E-state index is 0.165. The lowest BCUT2D eigenvalue weighted by molar-refractivity contribution is 0.233. The fourth-order valence-electron chi connectivity index (χ4n) is 5.21. The first-order chi connectivity index (χ1) is 14.6. The third kappa shape index (κ3) is 2.97. The fourth-order valence-corrected chi connectivity index (χ4v) is 5.21. The molecule has 0 amide bonds. The minimum atomic E-state index is 0.165. The molecule has 0 aliphatic heterocycles. The quantitative estimate of drug-likeness (QED) is 0.574. The lowest BCUT2D eigenvalue weighted by atomic mass is 9.87. The molecule has 2 aromatic rings. The first-order valence-corrected chi connectivity index (χ1v) is 10.4. The van der Waals surface area contributed by atoms with Crippen molar-refractivity contribution in [3.05, 3.63) is 81.3 Å². The first kappa shape index (κ1) is 20.4. The van der Waals surface area contributed by atoms with Crippen molar-refractivity contribution in [1.82, 2.24) is 0 Å². The number of hydrogen-bond donors (Lipinski definition) is 0. The third-order valence-electron chi connectivity index (χ3n) is 6.49. The highest BCUT2D eigenvalue weighted by atomic mass is 16.5. The van der Waals surface area contributed by atoms with Gasteiger partial charge in [0.25, 0.3) is 0 Å². The van der Waals surface area contributed by atoms with Gasteiger partial charge in [-0.2, -0.15) is 0 Å². The summed E-state index contributed by atoms with van der Waals surface area (Å²) in [5.74, 6) is 3.88. The largest absolute Gasteiger partial charge is 0.497 e. The van der Waals surface area contributed by atoms with Gasteiger partial charge in [-0.25, -0.2) is 0 Å². The van der Waals surface area contributed by atoms with Crippen LogP contribution in [0.15, 0.2) is 47.9 Å². The SMILES string of the molecule is COC1=C(OC)C(CCC2C(OC)=C(OC)c3c(C)cccc32)c2cccc(C)c21. The summed E-state index contributed by atoms with van der Waals surface area (Å²) in [6, 6.07) is 12.9. The van der Waals surface area contributed by atoms with Crippen LogP contribution >= 0.6 is 0 Å². The van der Waals surface area contributed by atoms with E-state index in [4.69, 9.17) is 18.9 Å². The van der Waals surface area contributed by atoms with Gasteiger partial charge in [0.05, 0.1) is 28.4 Å². The molecule has 30 heavy (non-hydrogen) atoms. The summed E-state index contributed by atoms with van der Waals surface area (Å²) in [4.78, 5) is 0. The fraction of sp³-hybridized carbons (Fsp3) is 0.385. The molecule has 0 spiro atoms. The highest BCUT2D eigenvalue weighted by molar-refractivity contribution is 5.76. The Morgan fingerprint density at radius 2 is 1.00 bits per heavy atom. The lowest BCUT2D eigenvalue weighted by Gasteiger charge is -2.20. The van der Waals surface area contributed by atoms with Gasteiger partial charge in [0.1, 0.15) is 11.5 Å². The van der Waals surface area contributed by atoms with Gasteiger partial charge in [0.15, 0.2) is 11.5 Å². The van der Waals surface area contributed by atoms with Crippen molar-refractivity contribution in [2.75, 3.05) is 28.4 Å². The van der Waals surface area contributed by atoms with E-state index in [1.165, 1.54) is 33.4 Å². The van der Waals surface area contributed by atoms with Gasteiger partial charge in [0, 0.05) is 23.0 Å². The molecule has 0 N–H and O–H groups in total. The molecule has 0 bridgehead atoms. The number of fused-ring (bicyclic) bond motifs is 2. The summed E-state index contributed by atoms with van der Waals surface area (Å²) in [6.07, 6.45) is 1.85. The molecule has 2 aromatic carbocycles. The van der Waals surface area contributed by atoms with E-state index in [2.05, 4.69) is 50.2 Å². The van der Waals surface area contributed by atoms with Gasteiger partial charge in [-0.3, -0.25) is 0 Å². The zero-order valence-corrected chi connectivity index (χ0v) is 18.7. The van der Waals surface area contributed by atoms with Gasteiger partial charge in [0.2, 0.25) is 0 Å². The average molecular weight is 407 g/mol. The molecule has 0 saturated heterocycles. The van der Waals surface area contributed by atoms with E-state index < -0.39 is 0 Å². The average Bonchev–Trinajstić information content (AvgIpc) is 3.24. The molecule has 4 rings (SSSR count). The smallest absolute Gasteiger partial charge is 0.164 e. The van der Waals surface area contributed by atoms with Crippen molar-refractivity contribution in [2.24, 2.45) is 0 Å². The van der Waals surface area contributed by atoms with E-state index in [0.29, 0.717) is 0 Å². The van der Waals surface area contributed by atoms with Crippen LogP contribution in [0.4, 0.5) is 0 Å². The second kappa shape index (κ2) is 8.10. The monoisotopic (exact) mass is 406 g/mol. The highest BCUT2D eigenvalue weighted by Gasteiger charge is 2.38. The Hall–Kier alpha value is -2.88. The summed E-state index contributed by atoms with van der Waals surface area (Å²) in [7, 11) is 6.92. The van der Waals surface area contributed by atoms with E-state index in [1.54, 1.807) is 28.4 Å². The maximum Gasteiger partial charge on any atom is 0.164 e. The van der Waals surface area contributed by atoms with Gasteiger partial charge in [-0.15, -0.1) is 0 Å². The van der Waals surface area contributed by atoms with Crippen molar-refractivity contribution in [2.45, 2.75) is 38.5 Å². The number of hydrogen-bond acceptors (Lipinski definition) is 4. The zero-order valence-electron chi connectivity index (χ0n) is 18.7. The van der Waals surface area contributed by atoms with Crippen LogP contribution in [0.2, 0.25) is 0 Å². The Kier molecular flexibility index (Phi) is 5.50. The number of ether oxygens (including phenoxy) is 4. The molecule has 2 unspecified atom stereocenters. The Morgan fingerprint density at radius 3 is 1.33 bits per heavy atom. The maximum absolute atomic E-state index is 5.85. The number of rotatable bonds is 7. The summed E-state index contributed by atoms with van der Waals surface area (Å²) in [5.41, 5.74) is 7.32. The molecule has 0 aromatic heterocycles. The Balaban J connectivity index is 1.70.